The van der Waals surface area contributed by atoms with E-state index in [0.29, 0.717) is 17.4 Å². The van der Waals surface area contributed by atoms with Crippen LogP contribution in [0.4, 0.5) is 5.82 Å². The Labute approximate surface area is 104 Å². The van der Waals surface area contributed by atoms with Gasteiger partial charge in [-0.2, -0.15) is 0 Å². The second-order valence-electron chi connectivity index (χ2n) is 3.93. The first kappa shape index (κ1) is 10.6. The van der Waals surface area contributed by atoms with Crippen LogP contribution in [-0.2, 0) is 0 Å². The number of rotatable bonds is 2. The van der Waals surface area contributed by atoms with Gasteiger partial charge in [-0.15, -0.1) is 0 Å². The minimum absolute atomic E-state index is 0.189. The largest absolute Gasteiger partial charge is 0.383 e. The first-order chi connectivity index (χ1) is 8.79. The van der Waals surface area contributed by atoms with Crippen LogP contribution in [-0.4, -0.2) is 28.4 Å². The smallest absolute Gasteiger partial charge is 0.179 e. The molecule has 1 atom stereocenters. The number of para-hydroxylation sites is 1. The normalized spacial score (nSPS) is 18.0. The average Bonchev–Trinajstić information content (AvgIpc) is 2.87. The van der Waals surface area contributed by atoms with Crippen molar-refractivity contribution in [2.45, 2.75) is 6.04 Å². The molecule has 2 N–H and O–H groups in total. The molecule has 88 valence electrons. The third-order valence-electron chi connectivity index (χ3n) is 2.82. The lowest BCUT2D eigenvalue weighted by atomic mass is 10.1. The fourth-order valence-electron chi connectivity index (χ4n) is 1.93. The summed E-state index contributed by atoms with van der Waals surface area (Å²) in [4.78, 5) is 17.0. The second-order valence-corrected chi connectivity index (χ2v) is 3.93. The highest BCUT2D eigenvalue weighted by atomic mass is 15.0. The molecule has 18 heavy (non-hydrogen) atoms. The number of nitrogens with two attached hydrogens (primary N) is 1. The van der Waals surface area contributed by atoms with Gasteiger partial charge in [-0.1, -0.05) is 12.1 Å². The minimum Gasteiger partial charge on any atom is -0.383 e. The van der Waals surface area contributed by atoms with Crippen LogP contribution >= 0.6 is 0 Å². The van der Waals surface area contributed by atoms with Crippen LogP contribution in [0, 0.1) is 0 Å². The van der Waals surface area contributed by atoms with Crippen molar-refractivity contribution in [3.8, 4) is 0 Å². The Hall–Kier alpha value is -2.56. The van der Waals surface area contributed by atoms with Crippen molar-refractivity contribution < 1.29 is 0 Å². The first-order valence-electron chi connectivity index (χ1n) is 5.52. The van der Waals surface area contributed by atoms with Gasteiger partial charge in [0.25, 0.3) is 0 Å². The molecule has 1 aromatic carbocycles. The molecule has 1 aliphatic heterocycles. The Morgan fingerprint density at radius 3 is 2.89 bits per heavy atom. The first-order valence-corrected chi connectivity index (χ1v) is 5.52. The lowest BCUT2D eigenvalue weighted by Gasteiger charge is -2.08. The molecule has 0 bridgehead atoms. The molecule has 2 heterocycles. The summed E-state index contributed by atoms with van der Waals surface area (Å²) < 4.78 is 0. The Morgan fingerprint density at radius 1 is 1.22 bits per heavy atom. The molecular formula is C13H11N5. The van der Waals surface area contributed by atoms with E-state index in [1.807, 2.05) is 30.3 Å². The Morgan fingerprint density at radius 2 is 2.06 bits per heavy atom. The molecule has 3 rings (SSSR count). The van der Waals surface area contributed by atoms with Gasteiger partial charge >= 0.3 is 0 Å². The average molecular weight is 237 g/mol. The van der Waals surface area contributed by atoms with Crippen LogP contribution in [0.15, 0.2) is 46.5 Å². The maximum atomic E-state index is 5.94. The van der Waals surface area contributed by atoms with Crippen LogP contribution in [0.5, 0.6) is 0 Å². The number of aliphatic imine (C=N–C) groups is 2. The van der Waals surface area contributed by atoms with Gasteiger partial charge in [0.15, 0.2) is 5.82 Å². The van der Waals surface area contributed by atoms with Gasteiger partial charge in [-0.3, -0.25) is 9.98 Å². The summed E-state index contributed by atoms with van der Waals surface area (Å²) in [5, 5.41) is 0.843. The van der Waals surface area contributed by atoms with Crippen LogP contribution in [0.25, 0.3) is 10.9 Å². The fourth-order valence-corrected chi connectivity index (χ4v) is 1.93. The highest BCUT2D eigenvalue weighted by molar-refractivity contribution is 6.06. The highest BCUT2D eigenvalue weighted by Gasteiger charge is 2.20. The van der Waals surface area contributed by atoms with E-state index in [1.54, 1.807) is 6.20 Å². The molecule has 0 saturated heterocycles. The SMILES string of the molecule is C=NC1C=CN=C1c1nc(N)c2ccccc2n1. The van der Waals surface area contributed by atoms with Gasteiger partial charge in [-0.25, -0.2) is 9.97 Å². The molecule has 2 aromatic rings. The standard InChI is InChI=1S/C13H11N5/c1-15-10-6-7-16-11(10)13-17-9-5-3-2-4-8(9)12(14)18-13/h2-7,10H,1H2,(H2,14,17,18). The van der Waals surface area contributed by atoms with E-state index in [-0.39, 0.29) is 6.04 Å². The molecule has 0 aliphatic carbocycles. The van der Waals surface area contributed by atoms with E-state index in [0.717, 1.165) is 10.9 Å². The van der Waals surface area contributed by atoms with Gasteiger partial charge < -0.3 is 5.73 Å². The summed E-state index contributed by atoms with van der Waals surface area (Å²) in [5.74, 6) is 0.960. The highest BCUT2D eigenvalue weighted by Crippen LogP contribution is 2.19. The Balaban J connectivity index is 2.17. The molecule has 0 amide bonds. The minimum atomic E-state index is -0.189. The quantitative estimate of drug-likeness (QED) is 0.806. The van der Waals surface area contributed by atoms with Crippen LogP contribution in [0.2, 0.25) is 0 Å². The lowest BCUT2D eigenvalue weighted by molar-refractivity contribution is 1.08. The van der Waals surface area contributed by atoms with E-state index in [9.17, 15) is 0 Å². The zero-order valence-corrected chi connectivity index (χ0v) is 9.61. The number of fused-ring (bicyclic) bond motifs is 1. The van der Waals surface area contributed by atoms with E-state index in [2.05, 4.69) is 26.7 Å². The van der Waals surface area contributed by atoms with Gasteiger partial charge in [-0.05, 0) is 24.9 Å². The van der Waals surface area contributed by atoms with Crippen LogP contribution in [0.3, 0.4) is 0 Å². The van der Waals surface area contributed by atoms with E-state index >= 15 is 0 Å². The number of nitrogens with zero attached hydrogens (tertiary/aromatic N) is 4. The zero-order chi connectivity index (χ0) is 12.5. The number of nitrogen functional groups attached to an aromatic ring is 1. The summed E-state index contributed by atoms with van der Waals surface area (Å²) in [6, 6.07) is 7.43. The second kappa shape index (κ2) is 4.03. The van der Waals surface area contributed by atoms with Crippen molar-refractivity contribution in [3.05, 3.63) is 42.4 Å². The van der Waals surface area contributed by atoms with Gasteiger partial charge in [0, 0.05) is 11.6 Å². The van der Waals surface area contributed by atoms with Gasteiger partial charge in [0.2, 0.25) is 0 Å². The number of hydrogen-bond acceptors (Lipinski definition) is 5. The van der Waals surface area contributed by atoms with Crippen LogP contribution < -0.4 is 5.73 Å². The summed E-state index contributed by atoms with van der Waals surface area (Å²) >= 11 is 0. The molecule has 5 nitrogen and oxygen atoms in total. The predicted octanol–water partition coefficient (Wildman–Crippen LogP) is 1.60. The van der Waals surface area contributed by atoms with Crippen molar-refractivity contribution >= 4 is 29.1 Å². The molecule has 5 heteroatoms. The van der Waals surface area contributed by atoms with Gasteiger partial charge in [0.1, 0.15) is 17.6 Å². The molecule has 1 unspecified atom stereocenters. The zero-order valence-electron chi connectivity index (χ0n) is 9.61. The van der Waals surface area contributed by atoms with Crippen LogP contribution in [0.1, 0.15) is 5.82 Å². The van der Waals surface area contributed by atoms with E-state index in [1.165, 1.54) is 0 Å². The Kier molecular flexibility index (Phi) is 2.37. The molecule has 0 saturated carbocycles. The summed E-state index contributed by atoms with van der Waals surface area (Å²) in [5.41, 5.74) is 7.42. The molecule has 0 spiro atoms. The molecular weight excluding hydrogens is 226 g/mol. The third-order valence-corrected chi connectivity index (χ3v) is 2.82. The number of aromatic nitrogens is 2. The maximum absolute atomic E-state index is 5.94. The molecule has 1 aromatic heterocycles. The summed E-state index contributed by atoms with van der Waals surface area (Å²) in [7, 11) is 0. The Bertz CT molecular complexity index is 687. The number of hydrogen-bond donors (Lipinski definition) is 1. The molecule has 0 radical (unpaired) electrons. The van der Waals surface area contributed by atoms with Crippen molar-refractivity contribution in [2.75, 3.05) is 5.73 Å². The van der Waals surface area contributed by atoms with Crippen molar-refractivity contribution in [1.82, 2.24) is 9.97 Å². The van der Waals surface area contributed by atoms with Crippen molar-refractivity contribution in [2.24, 2.45) is 9.98 Å². The monoisotopic (exact) mass is 237 g/mol. The summed E-state index contributed by atoms with van der Waals surface area (Å²) in [6.45, 7) is 3.53. The van der Waals surface area contributed by atoms with E-state index in [4.69, 9.17) is 5.73 Å². The number of benzene rings is 1. The van der Waals surface area contributed by atoms with Crippen molar-refractivity contribution in [3.63, 3.8) is 0 Å². The lowest BCUT2D eigenvalue weighted by Crippen LogP contribution is -2.18. The summed E-state index contributed by atoms with van der Waals surface area (Å²) in [6.07, 6.45) is 3.53. The van der Waals surface area contributed by atoms with Gasteiger partial charge in [0.05, 0.1) is 5.52 Å². The third kappa shape index (κ3) is 1.57. The predicted molar refractivity (Wildman–Crippen MR) is 73.0 cm³/mol. The molecule has 1 aliphatic rings. The number of anilines is 1. The fraction of sp³-hybridized carbons (Fsp3) is 0.0769. The van der Waals surface area contributed by atoms with Crippen molar-refractivity contribution in [1.29, 1.82) is 0 Å². The topological polar surface area (TPSA) is 76.5 Å². The van der Waals surface area contributed by atoms with E-state index < -0.39 is 0 Å². The maximum Gasteiger partial charge on any atom is 0.179 e. The molecule has 0 fully saturated rings.